The number of aromatic nitrogens is 6. The molecule has 0 unspecified atom stereocenters. The van der Waals surface area contributed by atoms with Crippen LogP contribution in [0.5, 0.6) is 0 Å². The zero-order valence-corrected chi connectivity index (χ0v) is 23.1. The van der Waals surface area contributed by atoms with Crippen LogP contribution in [0, 0.1) is 0 Å². The standard InChI is InChI=1S/C30H38N6O3/c1-4-5-16-26-27(29(38-2)39-3)36(23-14-10-7-11-15-23)30(37)35(26)20-21-17-18-24(22-12-8-6-9-13-22)25(19-21)28-31-33-34-32-28/h6,8-9,12-13,17-19,23,29H,4-5,7,10-11,14-16,20H2,1-3H3,(H,31,32,33,34). The smallest absolute Gasteiger partial charge is 0.329 e. The fourth-order valence-electron chi connectivity index (χ4n) is 5.86. The molecule has 0 amide bonds. The van der Waals surface area contributed by atoms with E-state index >= 15 is 0 Å². The fraction of sp³-hybridized carbons (Fsp3) is 0.467. The zero-order valence-electron chi connectivity index (χ0n) is 23.1. The lowest BCUT2D eigenvalue weighted by atomic mass is 9.95. The van der Waals surface area contributed by atoms with Gasteiger partial charge >= 0.3 is 5.69 Å². The Morgan fingerprint density at radius 1 is 1.03 bits per heavy atom. The summed E-state index contributed by atoms with van der Waals surface area (Å²) in [5, 5.41) is 14.9. The number of rotatable bonds is 11. The minimum atomic E-state index is -0.594. The summed E-state index contributed by atoms with van der Waals surface area (Å²) in [4.78, 5) is 14.2. The van der Waals surface area contributed by atoms with E-state index in [-0.39, 0.29) is 11.7 Å². The largest absolute Gasteiger partial charge is 0.350 e. The minimum Gasteiger partial charge on any atom is -0.350 e. The van der Waals surface area contributed by atoms with Gasteiger partial charge in [0.1, 0.15) is 0 Å². The predicted octanol–water partition coefficient (Wildman–Crippen LogP) is 5.68. The maximum absolute atomic E-state index is 14.2. The van der Waals surface area contributed by atoms with Crippen LogP contribution in [0.4, 0.5) is 0 Å². The molecule has 206 valence electrons. The van der Waals surface area contributed by atoms with E-state index in [9.17, 15) is 4.79 Å². The number of aromatic amines is 1. The van der Waals surface area contributed by atoms with Crippen molar-refractivity contribution in [3.63, 3.8) is 0 Å². The zero-order chi connectivity index (χ0) is 27.2. The highest BCUT2D eigenvalue weighted by molar-refractivity contribution is 5.80. The van der Waals surface area contributed by atoms with Crippen LogP contribution in [-0.2, 0) is 22.4 Å². The Kier molecular flexibility index (Phi) is 8.68. The predicted molar refractivity (Wildman–Crippen MR) is 150 cm³/mol. The lowest BCUT2D eigenvalue weighted by Crippen LogP contribution is -2.31. The summed E-state index contributed by atoms with van der Waals surface area (Å²) in [7, 11) is 3.29. The molecule has 2 aromatic carbocycles. The molecule has 0 saturated heterocycles. The molecular weight excluding hydrogens is 492 g/mol. The molecule has 9 heteroatoms. The summed E-state index contributed by atoms with van der Waals surface area (Å²) < 4.78 is 15.5. The highest BCUT2D eigenvalue weighted by Crippen LogP contribution is 2.34. The number of hydrogen-bond donors (Lipinski definition) is 1. The second kappa shape index (κ2) is 12.5. The van der Waals surface area contributed by atoms with Crippen LogP contribution in [0.3, 0.4) is 0 Å². The molecule has 0 aliphatic heterocycles. The molecule has 2 heterocycles. The van der Waals surface area contributed by atoms with Crippen molar-refractivity contribution in [1.82, 2.24) is 29.8 Å². The lowest BCUT2D eigenvalue weighted by molar-refractivity contribution is -0.112. The molecular formula is C30H38N6O3. The maximum Gasteiger partial charge on any atom is 0.329 e. The Morgan fingerprint density at radius 3 is 2.46 bits per heavy atom. The molecule has 9 nitrogen and oxygen atoms in total. The number of unbranched alkanes of at least 4 members (excludes halogenated alkanes) is 1. The normalized spacial score (nSPS) is 14.4. The van der Waals surface area contributed by atoms with Gasteiger partial charge in [0, 0.05) is 31.5 Å². The van der Waals surface area contributed by atoms with Crippen molar-refractivity contribution in [2.24, 2.45) is 0 Å². The summed E-state index contributed by atoms with van der Waals surface area (Å²) in [6, 6.07) is 16.6. The Hall–Kier alpha value is -3.56. The molecule has 0 bridgehead atoms. The van der Waals surface area contributed by atoms with E-state index in [1.54, 1.807) is 14.2 Å². The first-order valence-electron chi connectivity index (χ1n) is 14.0. The van der Waals surface area contributed by atoms with E-state index in [1.165, 1.54) is 6.42 Å². The van der Waals surface area contributed by atoms with Crippen LogP contribution in [-0.4, -0.2) is 44.0 Å². The molecule has 4 aromatic rings. The molecule has 1 aliphatic rings. The third-order valence-electron chi connectivity index (χ3n) is 7.77. The van der Waals surface area contributed by atoms with Crippen molar-refractivity contribution < 1.29 is 9.47 Å². The van der Waals surface area contributed by atoms with E-state index in [4.69, 9.17) is 9.47 Å². The molecule has 2 aromatic heterocycles. The summed E-state index contributed by atoms with van der Waals surface area (Å²) in [5.41, 5.74) is 5.81. The molecule has 39 heavy (non-hydrogen) atoms. The van der Waals surface area contributed by atoms with Crippen LogP contribution >= 0.6 is 0 Å². The van der Waals surface area contributed by atoms with Gasteiger partial charge < -0.3 is 9.47 Å². The summed E-state index contributed by atoms with van der Waals surface area (Å²) in [6.07, 6.45) is 7.66. The van der Waals surface area contributed by atoms with Gasteiger partial charge in [-0.1, -0.05) is 75.1 Å². The molecule has 0 spiro atoms. The van der Waals surface area contributed by atoms with E-state index in [2.05, 4.69) is 57.9 Å². The Bertz CT molecular complexity index is 1400. The van der Waals surface area contributed by atoms with Crippen LogP contribution in [0.2, 0.25) is 0 Å². The molecule has 1 saturated carbocycles. The highest BCUT2D eigenvalue weighted by Gasteiger charge is 2.31. The number of methoxy groups -OCH3 is 2. The maximum atomic E-state index is 14.2. The number of imidazole rings is 1. The molecule has 1 fully saturated rings. The third kappa shape index (κ3) is 5.60. The number of H-pyrrole nitrogens is 1. The van der Waals surface area contributed by atoms with Gasteiger partial charge in [-0.2, -0.15) is 5.21 Å². The number of ether oxygens (including phenoxy) is 2. The monoisotopic (exact) mass is 530 g/mol. The van der Waals surface area contributed by atoms with Gasteiger partial charge in [0.15, 0.2) is 6.29 Å². The number of nitrogens with one attached hydrogen (secondary N) is 1. The van der Waals surface area contributed by atoms with Gasteiger partial charge in [-0.25, -0.2) is 4.79 Å². The quantitative estimate of drug-likeness (QED) is 0.250. The Balaban J connectivity index is 1.63. The average molecular weight is 531 g/mol. The molecule has 1 N–H and O–H groups in total. The van der Waals surface area contributed by atoms with Gasteiger partial charge in [-0.05, 0) is 53.7 Å². The second-order valence-corrected chi connectivity index (χ2v) is 10.3. The lowest BCUT2D eigenvalue weighted by Gasteiger charge is -2.26. The van der Waals surface area contributed by atoms with Crippen LogP contribution in [0.1, 0.15) is 81.2 Å². The average Bonchev–Trinajstić information content (AvgIpc) is 3.61. The second-order valence-electron chi connectivity index (χ2n) is 10.3. The summed E-state index contributed by atoms with van der Waals surface area (Å²) in [5.74, 6) is 0.522. The number of hydrogen-bond acceptors (Lipinski definition) is 6. The van der Waals surface area contributed by atoms with E-state index in [1.807, 2.05) is 27.3 Å². The molecule has 0 atom stereocenters. The van der Waals surface area contributed by atoms with Gasteiger partial charge in [-0.15, -0.1) is 10.2 Å². The Morgan fingerprint density at radius 2 is 1.79 bits per heavy atom. The molecule has 5 rings (SSSR count). The van der Waals surface area contributed by atoms with Crippen molar-refractivity contribution >= 4 is 0 Å². The van der Waals surface area contributed by atoms with Crippen LogP contribution in [0.15, 0.2) is 53.3 Å². The van der Waals surface area contributed by atoms with Crippen molar-refractivity contribution in [2.75, 3.05) is 14.2 Å². The first-order valence-corrected chi connectivity index (χ1v) is 14.0. The fourth-order valence-corrected chi connectivity index (χ4v) is 5.86. The van der Waals surface area contributed by atoms with Gasteiger partial charge in [-0.3, -0.25) is 9.13 Å². The van der Waals surface area contributed by atoms with Crippen molar-refractivity contribution in [2.45, 2.75) is 77.2 Å². The number of nitrogens with zero attached hydrogens (tertiary/aromatic N) is 5. The van der Waals surface area contributed by atoms with Crippen molar-refractivity contribution in [3.05, 3.63) is 76.0 Å². The summed E-state index contributed by atoms with van der Waals surface area (Å²) >= 11 is 0. The van der Waals surface area contributed by atoms with Gasteiger partial charge in [0.05, 0.1) is 12.2 Å². The Labute approximate surface area is 229 Å². The molecule has 0 radical (unpaired) electrons. The van der Waals surface area contributed by atoms with Gasteiger partial charge in [0.25, 0.3) is 0 Å². The highest BCUT2D eigenvalue weighted by atomic mass is 16.7. The van der Waals surface area contributed by atoms with Gasteiger partial charge in [0.2, 0.25) is 5.82 Å². The van der Waals surface area contributed by atoms with Crippen molar-refractivity contribution in [1.29, 1.82) is 0 Å². The number of benzene rings is 2. The first kappa shape index (κ1) is 27.0. The van der Waals surface area contributed by atoms with Crippen LogP contribution < -0.4 is 5.69 Å². The van der Waals surface area contributed by atoms with E-state index < -0.39 is 6.29 Å². The van der Waals surface area contributed by atoms with E-state index in [0.29, 0.717) is 12.4 Å². The van der Waals surface area contributed by atoms with Crippen LogP contribution in [0.25, 0.3) is 22.5 Å². The first-order chi connectivity index (χ1) is 19.2. The SMILES string of the molecule is CCCCc1c(C(OC)OC)n(C2CCCCC2)c(=O)n1Cc1ccc(-c2ccccc2)c(-c2nn[nH]n2)c1. The number of tetrazole rings is 1. The molecule has 1 aliphatic carbocycles. The van der Waals surface area contributed by atoms with E-state index in [0.717, 1.165) is 78.6 Å². The summed E-state index contributed by atoms with van der Waals surface area (Å²) in [6.45, 7) is 2.61. The minimum absolute atomic E-state index is 0.00958. The van der Waals surface area contributed by atoms with Crippen molar-refractivity contribution in [3.8, 4) is 22.5 Å². The topological polar surface area (TPSA) is 99.9 Å². The third-order valence-corrected chi connectivity index (χ3v) is 7.77.